The van der Waals surface area contributed by atoms with Gasteiger partial charge in [-0.2, -0.15) is 5.10 Å². The lowest BCUT2D eigenvalue weighted by atomic mass is 9.98. The topological polar surface area (TPSA) is 114 Å². The predicted molar refractivity (Wildman–Crippen MR) is 124 cm³/mol. The van der Waals surface area contributed by atoms with Gasteiger partial charge in [0.15, 0.2) is 5.69 Å². The van der Waals surface area contributed by atoms with Gasteiger partial charge in [-0.15, -0.1) is 0 Å². The van der Waals surface area contributed by atoms with E-state index in [2.05, 4.69) is 22.5 Å². The molecule has 2 aliphatic rings. The fraction of sp³-hybridized carbons (Fsp3) is 0.280. The molecule has 174 valence electrons. The molecule has 2 N–H and O–H groups in total. The van der Waals surface area contributed by atoms with Gasteiger partial charge in [-0.05, 0) is 35.1 Å². The number of anilines is 1. The lowest BCUT2D eigenvalue weighted by Crippen LogP contribution is -2.41. The predicted octanol–water partition coefficient (Wildman–Crippen LogP) is 3.47. The Hall–Kier alpha value is -4.14. The molecule has 0 spiro atoms. The molecule has 5 rings (SSSR count). The number of aliphatic carboxylic acids is 1. The number of hydrogen-bond acceptors (Lipinski definition) is 5. The number of benzene rings is 2. The summed E-state index contributed by atoms with van der Waals surface area (Å²) in [6, 6.07) is 15.2. The van der Waals surface area contributed by atoms with E-state index < -0.39 is 24.0 Å². The molecule has 34 heavy (non-hydrogen) atoms. The molecule has 3 aromatic rings. The summed E-state index contributed by atoms with van der Waals surface area (Å²) in [6.45, 7) is 0.466. The number of nitrogens with zero attached hydrogens (tertiary/aromatic N) is 3. The number of amides is 2. The average molecular weight is 460 g/mol. The average Bonchev–Trinajstić information content (AvgIpc) is 3.53. The van der Waals surface area contributed by atoms with E-state index >= 15 is 0 Å². The van der Waals surface area contributed by atoms with Crippen molar-refractivity contribution in [1.82, 2.24) is 14.7 Å². The van der Waals surface area contributed by atoms with Crippen LogP contribution in [0.15, 0.2) is 54.7 Å². The van der Waals surface area contributed by atoms with Crippen LogP contribution < -0.4 is 5.32 Å². The molecule has 9 nitrogen and oxygen atoms in total. The van der Waals surface area contributed by atoms with Crippen molar-refractivity contribution in [1.29, 1.82) is 0 Å². The van der Waals surface area contributed by atoms with Gasteiger partial charge in [0, 0.05) is 25.7 Å². The minimum absolute atomic E-state index is 0.0100. The van der Waals surface area contributed by atoms with Gasteiger partial charge >= 0.3 is 12.1 Å². The Morgan fingerprint density at radius 3 is 2.38 bits per heavy atom. The summed E-state index contributed by atoms with van der Waals surface area (Å²) in [5, 5.41) is 16.2. The zero-order chi connectivity index (χ0) is 23.8. The number of nitrogens with one attached hydrogen (secondary N) is 1. The van der Waals surface area contributed by atoms with Crippen LogP contribution in [-0.2, 0) is 16.6 Å². The van der Waals surface area contributed by atoms with E-state index in [9.17, 15) is 19.5 Å². The van der Waals surface area contributed by atoms with Crippen molar-refractivity contribution in [2.24, 2.45) is 7.05 Å². The molecule has 1 fully saturated rings. The van der Waals surface area contributed by atoms with E-state index in [1.165, 1.54) is 15.8 Å². The number of carbonyl (C=O) groups is 3. The van der Waals surface area contributed by atoms with Crippen molar-refractivity contribution in [3.8, 4) is 11.1 Å². The molecule has 0 saturated carbocycles. The minimum Gasteiger partial charge on any atom is -0.480 e. The summed E-state index contributed by atoms with van der Waals surface area (Å²) in [5.41, 5.74) is 4.63. The Balaban J connectivity index is 1.30. The zero-order valence-corrected chi connectivity index (χ0v) is 18.6. The number of ether oxygens (including phenoxy) is 1. The zero-order valence-electron chi connectivity index (χ0n) is 18.6. The molecular weight excluding hydrogens is 436 g/mol. The van der Waals surface area contributed by atoms with Gasteiger partial charge < -0.3 is 14.7 Å². The highest BCUT2D eigenvalue weighted by atomic mass is 16.5. The Morgan fingerprint density at radius 1 is 1.09 bits per heavy atom. The molecule has 1 aliphatic heterocycles. The first-order chi connectivity index (χ1) is 16.4. The summed E-state index contributed by atoms with van der Waals surface area (Å²) in [7, 11) is 1.62. The first-order valence-electron chi connectivity index (χ1n) is 11.1. The van der Waals surface area contributed by atoms with E-state index in [1.807, 2.05) is 36.4 Å². The van der Waals surface area contributed by atoms with Crippen LogP contribution in [0.3, 0.4) is 0 Å². The largest absolute Gasteiger partial charge is 0.480 e. The molecule has 2 amide bonds. The summed E-state index contributed by atoms with van der Waals surface area (Å²) in [4.78, 5) is 38.5. The number of hydrogen-bond donors (Lipinski definition) is 2. The SMILES string of the molecule is Cn1cc(NC(=O)OCC2c3ccccc3-c3ccccc32)c(C(=O)N2CCC[C@@H]2C(=O)O)n1. The van der Waals surface area contributed by atoms with Crippen molar-refractivity contribution in [3.63, 3.8) is 0 Å². The second-order valence-corrected chi connectivity index (χ2v) is 8.51. The Labute approximate surface area is 195 Å². The van der Waals surface area contributed by atoms with E-state index in [-0.39, 0.29) is 23.9 Å². The third kappa shape index (κ3) is 3.79. The molecule has 0 radical (unpaired) electrons. The van der Waals surface area contributed by atoms with Crippen molar-refractivity contribution in [2.45, 2.75) is 24.8 Å². The molecule has 9 heteroatoms. The van der Waals surface area contributed by atoms with Gasteiger partial charge in [0.1, 0.15) is 12.6 Å². The number of aromatic nitrogens is 2. The Morgan fingerprint density at radius 2 is 1.74 bits per heavy atom. The summed E-state index contributed by atoms with van der Waals surface area (Å²) in [5.74, 6) is -1.67. The molecule has 1 aliphatic carbocycles. The van der Waals surface area contributed by atoms with Crippen LogP contribution in [0, 0.1) is 0 Å². The molecule has 0 bridgehead atoms. The van der Waals surface area contributed by atoms with Gasteiger partial charge in [-0.3, -0.25) is 14.8 Å². The van der Waals surface area contributed by atoms with Crippen molar-refractivity contribution in [2.75, 3.05) is 18.5 Å². The van der Waals surface area contributed by atoms with Crippen LogP contribution in [0.5, 0.6) is 0 Å². The summed E-state index contributed by atoms with van der Waals surface area (Å²) < 4.78 is 6.97. The van der Waals surface area contributed by atoms with Crippen LogP contribution >= 0.6 is 0 Å². The second-order valence-electron chi connectivity index (χ2n) is 8.51. The minimum atomic E-state index is -1.05. The molecule has 1 aromatic heterocycles. The van der Waals surface area contributed by atoms with E-state index in [4.69, 9.17) is 4.74 Å². The third-order valence-corrected chi connectivity index (χ3v) is 6.41. The summed E-state index contributed by atoms with van der Waals surface area (Å²) in [6.07, 6.45) is 1.79. The van der Waals surface area contributed by atoms with E-state index in [0.717, 1.165) is 22.3 Å². The van der Waals surface area contributed by atoms with Crippen molar-refractivity contribution < 1.29 is 24.2 Å². The lowest BCUT2D eigenvalue weighted by Gasteiger charge is -2.20. The Bertz CT molecular complexity index is 1240. The fourth-order valence-corrected chi connectivity index (χ4v) is 4.88. The smallest absolute Gasteiger partial charge is 0.411 e. The van der Waals surface area contributed by atoms with E-state index in [0.29, 0.717) is 19.4 Å². The van der Waals surface area contributed by atoms with Crippen LogP contribution in [0.25, 0.3) is 11.1 Å². The molecule has 0 unspecified atom stereocenters. The maximum atomic E-state index is 13.0. The second kappa shape index (κ2) is 8.66. The van der Waals surface area contributed by atoms with Crippen LogP contribution in [-0.4, -0.2) is 57.0 Å². The van der Waals surface area contributed by atoms with Crippen molar-refractivity contribution >= 4 is 23.7 Å². The quantitative estimate of drug-likeness (QED) is 0.603. The first kappa shape index (κ1) is 21.7. The number of aryl methyl sites for hydroxylation is 1. The maximum absolute atomic E-state index is 13.0. The highest BCUT2D eigenvalue weighted by molar-refractivity contribution is 6.02. The third-order valence-electron chi connectivity index (χ3n) is 6.41. The highest BCUT2D eigenvalue weighted by Gasteiger charge is 2.37. The normalized spacial score (nSPS) is 16.7. The van der Waals surface area contributed by atoms with Gasteiger partial charge in [0.2, 0.25) is 0 Å². The van der Waals surface area contributed by atoms with Crippen LogP contribution in [0.4, 0.5) is 10.5 Å². The van der Waals surface area contributed by atoms with Crippen LogP contribution in [0.2, 0.25) is 0 Å². The van der Waals surface area contributed by atoms with Gasteiger partial charge in [-0.25, -0.2) is 9.59 Å². The molecular formula is C25H24N4O5. The van der Waals surface area contributed by atoms with Gasteiger partial charge in [0.25, 0.3) is 5.91 Å². The van der Waals surface area contributed by atoms with Gasteiger partial charge in [0.05, 0.1) is 5.69 Å². The molecule has 2 aromatic carbocycles. The number of carbonyl (C=O) groups excluding carboxylic acids is 2. The fourth-order valence-electron chi connectivity index (χ4n) is 4.88. The molecule has 1 saturated heterocycles. The molecule has 1 atom stereocenters. The lowest BCUT2D eigenvalue weighted by molar-refractivity contribution is -0.141. The van der Waals surface area contributed by atoms with Gasteiger partial charge in [-0.1, -0.05) is 48.5 Å². The van der Waals surface area contributed by atoms with E-state index in [1.54, 1.807) is 7.05 Å². The number of carboxylic acid groups (broad SMARTS) is 1. The number of rotatable bonds is 5. The standard InChI is InChI=1S/C25H24N4O5/c1-28-13-20(22(27-28)23(30)29-12-6-11-21(29)24(31)32)26-25(33)34-14-19-17-9-4-2-7-15(17)16-8-3-5-10-18(16)19/h2-5,7-10,13,19,21H,6,11-12,14H2,1H3,(H,26,33)(H,31,32)/t21-/m1/s1. The maximum Gasteiger partial charge on any atom is 0.411 e. The first-order valence-corrected chi connectivity index (χ1v) is 11.1. The number of likely N-dealkylation sites (tertiary alicyclic amines) is 1. The monoisotopic (exact) mass is 460 g/mol. The van der Waals surface area contributed by atoms with Crippen LogP contribution in [0.1, 0.15) is 40.4 Å². The Kier molecular flexibility index (Phi) is 5.53. The van der Waals surface area contributed by atoms with Crippen molar-refractivity contribution in [3.05, 3.63) is 71.5 Å². The number of carboxylic acids is 1. The highest BCUT2D eigenvalue weighted by Crippen LogP contribution is 2.44. The number of fused-ring (bicyclic) bond motifs is 3. The summed E-state index contributed by atoms with van der Waals surface area (Å²) >= 11 is 0. The molecule has 2 heterocycles.